The zero-order chi connectivity index (χ0) is 10.1. The molecule has 0 aromatic heterocycles. The zero-order valence-corrected chi connectivity index (χ0v) is 9.14. The minimum atomic E-state index is 0.580. The summed E-state index contributed by atoms with van der Waals surface area (Å²) in [7, 11) is 0. The molecule has 0 atom stereocenters. The first-order valence-corrected chi connectivity index (χ1v) is 5.20. The van der Waals surface area contributed by atoms with Crippen molar-refractivity contribution in [2.75, 3.05) is 13.1 Å². The zero-order valence-electron chi connectivity index (χ0n) is 9.14. The second-order valence-corrected chi connectivity index (χ2v) is 3.75. The molecule has 0 heterocycles. The number of rotatable bonds is 6. The van der Waals surface area contributed by atoms with Crippen molar-refractivity contribution in [2.24, 2.45) is 16.6 Å². The van der Waals surface area contributed by atoms with Crippen molar-refractivity contribution in [3.05, 3.63) is 0 Å². The van der Waals surface area contributed by atoms with Gasteiger partial charge in [-0.25, -0.2) is 0 Å². The Bertz CT molecular complexity index is 141. The molecule has 0 aliphatic rings. The molecule has 0 radical (unpaired) electrons. The fourth-order valence-electron chi connectivity index (χ4n) is 0.928. The molecule has 3 N–H and O–H groups in total. The van der Waals surface area contributed by atoms with Crippen LogP contribution in [0, 0.1) is 5.92 Å². The van der Waals surface area contributed by atoms with Gasteiger partial charge >= 0.3 is 0 Å². The van der Waals surface area contributed by atoms with Gasteiger partial charge in [0.1, 0.15) is 0 Å². The molecule has 0 bridgehead atoms. The van der Waals surface area contributed by atoms with Gasteiger partial charge in [-0.1, -0.05) is 33.6 Å². The Balaban J connectivity index is 3.38. The van der Waals surface area contributed by atoms with Crippen molar-refractivity contribution in [3.63, 3.8) is 0 Å². The van der Waals surface area contributed by atoms with Gasteiger partial charge in [0.15, 0.2) is 5.96 Å². The lowest BCUT2D eigenvalue weighted by molar-refractivity contribution is 0.655. The van der Waals surface area contributed by atoms with Crippen molar-refractivity contribution >= 4 is 5.96 Å². The SMILES string of the molecule is CCCCCNC(N)=NCC(C)C. The Hall–Kier alpha value is -0.730. The average Bonchev–Trinajstić information content (AvgIpc) is 2.09. The summed E-state index contributed by atoms with van der Waals surface area (Å²) in [5, 5.41) is 3.10. The van der Waals surface area contributed by atoms with E-state index in [0.29, 0.717) is 11.9 Å². The van der Waals surface area contributed by atoms with Crippen molar-refractivity contribution in [2.45, 2.75) is 40.0 Å². The van der Waals surface area contributed by atoms with Crippen LogP contribution < -0.4 is 11.1 Å². The Morgan fingerprint density at radius 3 is 2.62 bits per heavy atom. The highest BCUT2D eigenvalue weighted by atomic mass is 15.1. The first-order chi connectivity index (χ1) is 6.16. The van der Waals surface area contributed by atoms with E-state index in [1.54, 1.807) is 0 Å². The molecular weight excluding hydrogens is 162 g/mol. The van der Waals surface area contributed by atoms with Crippen LogP contribution in [-0.4, -0.2) is 19.0 Å². The lowest BCUT2D eigenvalue weighted by Crippen LogP contribution is -2.32. The highest BCUT2D eigenvalue weighted by molar-refractivity contribution is 5.77. The summed E-state index contributed by atoms with van der Waals surface area (Å²) in [5.41, 5.74) is 5.64. The predicted molar refractivity (Wildman–Crippen MR) is 58.9 cm³/mol. The van der Waals surface area contributed by atoms with E-state index in [2.05, 4.69) is 31.1 Å². The molecule has 0 amide bonds. The number of nitrogens with zero attached hydrogens (tertiary/aromatic N) is 1. The van der Waals surface area contributed by atoms with Crippen LogP contribution in [0.2, 0.25) is 0 Å². The second-order valence-electron chi connectivity index (χ2n) is 3.75. The Kier molecular flexibility index (Phi) is 7.45. The van der Waals surface area contributed by atoms with Crippen LogP contribution in [0.4, 0.5) is 0 Å². The van der Waals surface area contributed by atoms with Crippen molar-refractivity contribution in [1.82, 2.24) is 5.32 Å². The van der Waals surface area contributed by atoms with Gasteiger partial charge in [-0.05, 0) is 12.3 Å². The molecule has 0 aliphatic heterocycles. The predicted octanol–water partition coefficient (Wildman–Crippen LogP) is 1.74. The number of unbranched alkanes of at least 4 members (excludes halogenated alkanes) is 2. The van der Waals surface area contributed by atoms with Crippen LogP contribution in [0.3, 0.4) is 0 Å². The topological polar surface area (TPSA) is 50.4 Å². The largest absolute Gasteiger partial charge is 0.370 e. The maximum atomic E-state index is 5.64. The molecule has 0 aromatic rings. The number of aliphatic imine (C=N–C) groups is 1. The molecule has 0 fully saturated rings. The lowest BCUT2D eigenvalue weighted by Gasteiger charge is -2.05. The molecule has 0 saturated heterocycles. The molecule has 0 rings (SSSR count). The number of nitrogens with one attached hydrogen (secondary N) is 1. The summed E-state index contributed by atoms with van der Waals surface area (Å²) in [5.74, 6) is 1.17. The quantitative estimate of drug-likeness (QED) is 0.376. The molecular formula is C10H23N3. The third-order valence-corrected chi connectivity index (χ3v) is 1.71. The summed E-state index contributed by atoms with van der Waals surface area (Å²) in [6, 6.07) is 0. The van der Waals surface area contributed by atoms with Crippen molar-refractivity contribution < 1.29 is 0 Å². The Labute approximate surface area is 81.8 Å². The lowest BCUT2D eigenvalue weighted by atomic mass is 10.2. The number of nitrogens with two attached hydrogens (primary N) is 1. The van der Waals surface area contributed by atoms with Gasteiger partial charge in [-0.3, -0.25) is 4.99 Å². The highest BCUT2D eigenvalue weighted by Gasteiger charge is 1.93. The summed E-state index contributed by atoms with van der Waals surface area (Å²) in [6.45, 7) is 8.21. The molecule has 0 spiro atoms. The van der Waals surface area contributed by atoms with Gasteiger partial charge < -0.3 is 11.1 Å². The maximum absolute atomic E-state index is 5.64. The second kappa shape index (κ2) is 7.90. The molecule has 0 aliphatic carbocycles. The Morgan fingerprint density at radius 2 is 2.08 bits per heavy atom. The van der Waals surface area contributed by atoms with Crippen LogP contribution in [0.1, 0.15) is 40.0 Å². The van der Waals surface area contributed by atoms with Crippen LogP contribution in [0.15, 0.2) is 4.99 Å². The first kappa shape index (κ1) is 12.3. The van der Waals surface area contributed by atoms with Crippen molar-refractivity contribution in [1.29, 1.82) is 0 Å². The third-order valence-electron chi connectivity index (χ3n) is 1.71. The third kappa shape index (κ3) is 9.18. The van der Waals surface area contributed by atoms with Gasteiger partial charge in [-0.2, -0.15) is 0 Å². The number of hydrogen-bond acceptors (Lipinski definition) is 1. The first-order valence-electron chi connectivity index (χ1n) is 5.20. The van der Waals surface area contributed by atoms with Gasteiger partial charge in [0, 0.05) is 13.1 Å². The summed E-state index contributed by atoms with van der Waals surface area (Å²) >= 11 is 0. The van der Waals surface area contributed by atoms with E-state index in [1.165, 1.54) is 19.3 Å². The fraction of sp³-hybridized carbons (Fsp3) is 0.900. The monoisotopic (exact) mass is 185 g/mol. The molecule has 0 aromatic carbocycles. The minimum absolute atomic E-state index is 0.580. The highest BCUT2D eigenvalue weighted by Crippen LogP contribution is 1.92. The van der Waals surface area contributed by atoms with Crippen LogP contribution >= 0.6 is 0 Å². The van der Waals surface area contributed by atoms with E-state index in [-0.39, 0.29) is 0 Å². The summed E-state index contributed by atoms with van der Waals surface area (Å²) in [6.07, 6.45) is 3.67. The van der Waals surface area contributed by atoms with E-state index in [9.17, 15) is 0 Å². The van der Waals surface area contributed by atoms with Gasteiger partial charge in [0.2, 0.25) is 0 Å². The molecule has 13 heavy (non-hydrogen) atoms. The van der Waals surface area contributed by atoms with Gasteiger partial charge in [-0.15, -0.1) is 0 Å². The summed E-state index contributed by atoms with van der Waals surface area (Å²) < 4.78 is 0. The van der Waals surface area contributed by atoms with Gasteiger partial charge in [0.05, 0.1) is 0 Å². The number of hydrogen-bond donors (Lipinski definition) is 2. The van der Waals surface area contributed by atoms with Crippen LogP contribution in [-0.2, 0) is 0 Å². The van der Waals surface area contributed by atoms with Gasteiger partial charge in [0.25, 0.3) is 0 Å². The average molecular weight is 185 g/mol. The molecule has 78 valence electrons. The molecule has 0 unspecified atom stereocenters. The Morgan fingerprint density at radius 1 is 1.38 bits per heavy atom. The molecule has 0 saturated carbocycles. The minimum Gasteiger partial charge on any atom is -0.370 e. The van der Waals surface area contributed by atoms with E-state index >= 15 is 0 Å². The van der Waals surface area contributed by atoms with E-state index < -0.39 is 0 Å². The summed E-state index contributed by atoms with van der Waals surface area (Å²) in [4.78, 5) is 4.20. The number of guanidine groups is 1. The normalized spacial score (nSPS) is 12.2. The standard InChI is InChI=1S/C10H23N3/c1-4-5-6-7-12-10(11)13-8-9(2)3/h9H,4-8H2,1-3H3,(H3,11,12,13). The van der Waals surface area contributed by atoms with E-state index in [1.807, 2.05) is 0 Å². The van der Waals surface area contributed by atoms with E-state index in [4.69, 9.17) is 5.73 Å². The smallest absolute Gasteiger partial charge is 0.188 e. The van der Waals surface area contributed by atoms with E-state index in [0.717, 1.165) is 13.1 Å². The molecule has 3 heteroatoms. The van der Waals surface area contributed by atoms with Crippen LogP contribution in [0.25, 0.3) is 0 Å². The van der Waals surface area contributed by atoms with Crippen LogP contribution in [0.5, 0.6) is 0 Å². The maximum Gasteiger partial charge on any atom is 0.188 e. The van der Waals surface area contributed by atoms with Crippen molar-refractivity contribution in [3.8, 4) is 0 Å². The fourth-order valence-corrected chi connectivity index (χ4v) is 0.928. The molecule has 3 nitrogen and oxygen atoms in total.